The van der Waals surface area contributed by atoms with Crippen molar-refractivity contribution in [2.75, 3.05) is 7.11 Å². The normalized spacial score (nSPS) is 12.4. The van der Waals surface area contributed by atoms with Gasteiger partial charge in [0, 0.05) is 17.5 Å². The summed E-state index contributed by atoms with van der Waals surface area (Å²) in [5.74, 6) is -0.0365. The zero-order valence-electron chi connectivity index (χ0n) is 10.4. The summed E-state index contributed by atoms with van der Waals surface area (Å²) in [6.07, 6.45) is 0. The molecule has 1 N–H and O–H groups in total. The van der Waals surface area contributed by atoms with Gasteiger partial charge in [-0.3, -0.25) is 0 Å². The summed E-state index contributed by atoms with van der Waals surface area (Å²) < 4.78 is 18.4. The third-order valence-electron chi connectivity index (χ3n) is 2.80. The van der Waals surface area contributed by atoms with E-state index in [2.05, 4.69) is 23.7 Å². The van der Waals surface area contributed by atoms with Crippen molar-refractivity contribution in [3.8, 4) is 5.75 Å². The molecule has 0 aliphatic carbocycles. The Kier molecular flexibility index (Phi) is 4.33. The highest BCUT2D eigenvalue weighted by atomic mass is 32.1. The predicted molar refractivity (Wildman–Crippen MR) is 72.5 cm³/mol. The molecular weight excluding hydrogens is 249 g/mol. The summed E-state index contributed by atoms with van der Waals surface area (Å²) in [5, 5.41) is 5.43. The van der Waals surface area contributed by atoms with E-state index in [1.807, 2.05) is 12.1 Å². The molecule has 1 aromatic carbocycles. The summed E-state index contributed by atoms with van der Waals surface area (Å²) in [6, 6.07) is 9.43. The van der Waals surface area contributed by atoms with Crippen LogP contribution in [-0.2, 0) is 6.54 Å². The highest BCUT2D eigenvalue weighted by Gasteiger charge is 2.07. The Balaban J connectivity index is 1.96. The fourth-order valence-electron chi connectivity index (χ4n) is 1.73. The van der Waals surface area contributed by atoms with Gasteiger partial charge in [-0.25, -0.2) is 4.39 Å². The third-order valence-corrected chi connectivity index (χ3v) is 3.85. The maximum absolute atomic E-state index is 13.5. The zero-order chi connectivity index (χ0) is 13.0. The molecule has 96 valence electrons. The third kappa shape index (κ3) is 3.09. The molecule has 0 saturated carbocycles. The van der Waals surface area contributed by atoms with Crippen molar-refractivity contribution in [1.29, 1.82) is 0 Å². The van der Waals surface area contributed by atoms with Crippen LogP contribution in [0.4, 0.5) is 4.39 Å². The van der Waals surface area contributed by atoms with Gasteiger partial charge in [-0.2, -0.15) is 0 Å². The molecule has 0 fully saturated rings. The molecule has 0 amide bonds. The number of thiophene rings is 1. The second-order valence-electron chi connectivity index (χ2n) is 4.09. The zero-order valence-corrected chi connectivity index (χ0v) is 11.3. The first-order chi connectivity index (χ1) is 8.70. The van der Waals surface area contributed by atoms with Crippen LogP contribution in [-0.4, -0.2) is 7.11 Å². The van der Waals surface area contributed by atoms with Gasteiger partial charge in [0.05, 0.1) is 7.11 Å². The molecule has 0 spiro atoms. The van der Waals surface area contributed by atoms with E-state index in [-0.39, 0.29) is 17.6 Å². The number of rotatable bonds is 5. The Hall–Kier alpha value is -1.39. The van der Waals surface area contributed by atoms with E-state index in [1.165, 1.54) is 18.1 Å². The number of hydrogen-bond acceptors (Lipinski definition) is 3. The lowest BCUT2D eigenvalue weighted by molar-refractivity contribution is 0.386. The fraction of sp³-hybridized carbons (Fsp3) is 0.286. The van der Waals surface area contributed by atoms with Gasteiger partial charge in [0.25, 0.3) is 0 Å². The largest absolute Gasteiger partial charge is 0.494 e. The lowest BCUT2D eigenvalue weighted by atomic mass is 10.2. The molecule has 2 aromatic rings. The Morgan fingerprint density at radius 3 is 2.83 bits per heavy atom. The molecule has 18 heavy (non-hydrogen) atoms. The van der Waals surface area contributed by atoms with Crippen LogP contribution in [0, 0.1) is 5.82 Å². The smallest absolute Gasteiger partial charge is 0.165 e. The monoisotopic (exact) mass is 265 g/mol. The minimum atomic E-state index is -0.319. The van der Waals surface area contributed by atoms with Crippen LogP contribution in [0.25, 0.3) is 0 Å². The number of ether oxygens (including phenoxy) is 1. The molecule has 0 unspecified atom stereocenters. The van der Waals surface area contributed by atoms with Crippen molar-refractivity contribution < 1.29 is 9.13 Å². The number of methoxy groups -OCH3 is 1. The maximum atomic E-state index is 13.5. The topological polar surface area (TPSA) is 21.3 Å². The summed E-state index contributed by atoms with van der Waals surface area (Å²) in [6.45, 7) is 2.74. The van der Waals surface area contributed by atoms with Crippen molar-refractivity contribution >= 4 is 11.3 Å². The van der Waals surface area contributed by atoms with Crippen molar-refractivity contribution in [3.05, 3.63) is 52.0 Å². The molecule has 0 aliphatic rings. The molecule has 2 nitrogen and oxygen atoms in total. The van der Waals surface area contributed by atoms with Crippen LogP contribution in [0.1, 0.15) is 23.4 Å². The second kappa shape index (κ2) is 5.98. The van der Waals surface area contributed by atoms with Gasteiger partial charge < -0.3 is 10.1 Å². The van der Waals surface area contributed by atoms with Crippen LogP contribution in [0.2, 0.25) is 0 Å². The van der Waals surface area contributed by atoms with Gasteiger partial charge >= 0.3 is 0 Å². The molecule has 0 radical (unpaired) electrons. The summed E-state index contributed by atoms with van der Waals surface area (Å²) >= 11 is 1.72. The van der Waals surface area contributed by atoms with Crippen LogP contribution in [0.3, 0.4) is 0 Å². The first-order valence-electron chi connectivity index (χ1n) is 5.80. The minimum Gasteiger partial charge on any atom is -0.494 e. The first-order valence-corrected chi connectivity index (χ1v) is 6.68. The Bertz CT molecular complexity index is 499. The van der Waals surface area contributed by atoms with Gasteiger partial charge in [-0.05, 0) is 36.1 Å². The lowest BCUT2D eigenvalue weighted by Crippen LogP contribution is -2.17. The molecule has 1 atom stereocenters. The summed E-state index contributed by atoms with van der Waals surface area (Å²) in [7, 11) is 1.47. The highest BCUT2D eigenvalue weighted by molar-refractivity contribution is 7.10. The second-order valence-corrected chi connectivity index (χ2v) is 5.07. The highest BCUT2D eigenvalue weighted by Crippen LogP contribution is 2.20. The van der Waals surface area contributed by atoms with Crippen molar-refractivity contribution in [2.45, 2.75) is 19.5 Å². The number of hydrogen-bond donors (Lipinski definition) is 1. The van der Waals surface area contributed by atoms with E-state index >= 15 is 0 Å². The number of benzene rings is 1. The summed E-state index contributed by atoms with van der Waals surface area (Å²) in [5.41, 5.74) is 0.914. The van der Waals surface area contributed by atoms with Gasteiger partial charge in [0.1, 0.15) is 0 Å². The average Bonchev–Trinajstić information content (AvgIpc) is 2.90. The standard InChI is InChI=1S/C14H16FNOS/c1-10(14-4-3-7-18-14)16-9-11-5-6-13(17-2)12(15)8-11/h3-8,10,16H,9H2,1-2H3/t10-/m0/s1. The van der Waals surface area contributed by atoms with Crippen molar-refractivity contribution in [2.24, 2.45) is 0 Å². The summed E-state index contributed by atoms with van der Waals surface area (Å²) in [4.78, 5) is 1.28. The molecule has 0 aliphatic heterocycles. The average molecular weight is 265 g/mol. The lowest BCUT2D eigenvalue weighted by Gasteiger charge is -2.12. The molecule has 0 saturated heterocycles. The maximum Gasteiger partial charge on any atom is 0.165 e. The van der Waals surface area contributed by atoms with Crippen LogP contribution in [0.15, 0.2) is 35.7 Å². The van der Waals surface area contributed by atoms with Crippen LogP contribution < -0.4 is 10.1 Å². The van der Waals surface area contributed by atoms with Gasteiger partial charge in [0.2, 0.25) is 0 Å². The molecule has 0 bridgehead atoms. The predicted octanol–water partition coefficient (Wildman–Crippen LogP) is 3.75. The van der Waals surface area contributed by atoms with Crippen LogP contribution in [0.5, 0.6) is 5.75 Å². The van der Waals surface area contributed by atoms with Gasteiger partial charge in [0.15, 0.2) is 11.6 Å². The molecule has 4 heteroatoms. The molecule has 1 aromatic heterocycles. The Morgan fingerprint density at radius 2 is 2.22 bits per heavy atom. The van der Waals surface area contributed by atoms with Gasteiger partial charge in [-0.15, -0.1) is 11.3 Å². The minimum absolute atomic E-state index is 0.273. The fourth-order valence-corrected chi connectivity index (χ4v) is 2.49. The quantitative estimate of drug-likeness (QED) is 0.889. The first kappa shape index (κ1) is 13.1. The SMILES string of the molecule is COc1ccc(CN[C@@H](C)c2cccs2)cc1F. The number of nitrogens with one attached hydrogen (secondary N) is 1. The Labute approximate surface area is 110 Å². The Morgan fingerprint density at radius 1 is 1.39 bits per heavy atom. The number of halogens is 1. The molecular formula is C14H16FNOS. The van der Waals surface area contributed by atoms with Crippen molar-refractivity contribution in [3.63, 3.8) is 0 Å². The van der Waals surface area contributed by atoms with E-state index in [9.17, 15) is 4.39 Å². The van der Waals surface area contributed by atoms with Gasteiger partial charge in [-0.1, -0.05) is 12.1 Å². The van der Waals surface area contributed by atoms with E-state index in [0.29, 0.717) is 6.54 Å². The molecule has 1 heterocycles. The van der Waals surface area contributed by atoms with Crippen molar-refractivity contribution in [1.82, 2.24) is 5.32 Å². The van der Waals surface area contributed by atoms with E-state index in [4.69, 9.17) is 4.74 Å². The molecule has 2 rings (SSSR count). The van der Waals surface area contributed by atoms with E-state index in [0.717, 1.165) is 5.56 Å². The van der Waals surface area contributed by atoms with E-state index < -0.39 is 0 Å². The van der Waals surface area contributed by atoms with E-state index in [1.54, 1.807) is 17.4 Å². The van der Waals surface area contributed by atoms with Crippen LogP contribution >= 0.6 is 11.3 Å².